The van der Waals surface area contributed by atoms with Gasteiger partial charge < -0.3 is 10.5 Å². The van der Waals surface area contributed by atoms with Gasteiger partial charge in [0.15, 0.2) is 0 Å². The van der Waals surface area contributed by atoms with Crippen molar-refractivity contribution >= 4 is 5.97 Å². The van der Waals surface area contributed by atoms with Crippen molar-refractivity contribution in [3.8, 4) is 0 Å². The fourth-order valence-electron chi connectivity index (χ4n) is 1.31. The number of nitrogens with zero attached hydrogens (tertiary/aromatic N) is 1. The van der Waals surface area contributed by atoms with Gasteiger partial charge in [-0.3, -0.25) is 9.69 Å². The van der Waals surface area contributed by atoms with Crippen molar-refractivity contribution in [1.82, 2.24) is 4.90 Å². The predicted molar refractivity (Wildman–Crippen MR) is 61.6 cm³/mol. The second-order valence-corrected chi connectivity index (χ2v) is 4.17. The van der Waals surface area contributed by atoms with Gasteiger partial charge in [0, 0.05) is 12.6 Å². The topological polar surface area (TPSA) is 55.6 Å². The lowest BCUT2D eigenvalue weighted by Gasteiger charge is -2.27. The Labute approximate surface area is 92.8 Å². The molecule has 0 aliphatic rings. The van der Waals surface area contributed by atoms with E-state index >= 15 is 0 Å². The van der Waals surface area contributed by atoms with Crippen LogP contribution in [0.15, 0.2) is 0 Å². The maximum absolute atomic E-state index is 11.3. The van der Waals surface area contributed by atoms with Gasteiger partial charge in [0.05, 0.1) is 13.2 Å². The van der Waals surface area contributed by atoms with Crippen LogP contribution >= 0.6 is 0 Å². The van der Waals surface area contributed by atoms with Crippen LogP contribution in [-0.2, 0) is 9.53 Å². The molecule has 1 atom stereocenters. The minimum Gasteiger partial charge on any atom is -0.465 e. The number of hydrogen-bond donors (Lipinski definition) is 1. The number of ether oxygens (including phenoxy) is 1. The van der Waals surface area contributed by atoms with Gasteiger partial charge in [-0.1, -0.05) is 6.92 Å². The van der Waals surface area contributed by atoms with Crippen LogP contribution < -0.4 is 5.73 Å². The summed E-state index contributed by atoms with van der Waals surface area (Å²) in [7, 11) is 0. The molecule has 0 rings (SSSR count). The molecule has 0 aliphatic carbocycles. The normalized spacial score (nSPS) is 13.3. The summed E-state index contributed by atoms with van der Waals surface area (Å²) in [4.78, 5) is 13.4. The second kappa shape index (κ2) is 7.65. The monoisotopic (exact) mass is 216 g/mol. The van der Waals surface area contributed by atoms with E-state index in [0.717, 1.165) is 6.54 Å². The van der Waals surface area contributed by atoms with Crippen LogP contribution in [0.25, 0.3) is 0 Å². The maximum Gasteiger partial charge on any atom is 0.320 e. The summed E-state index contributed by atoms with van der Waals surface area (Å²) >= 11 is 0. The summed E-state index contributed by atoms with van der Waals surface area (Å²) in [6, 6.07) is 0.336. The van der Waals surface area contributed by atoms with Gasteiger partial charge >= 0.3 is 5.97 Å². The number of hydrogen-bond acceptors (Lipinski definition) is 4. The molecule has 0 aromatic heterocycles. The lowest BCUT2D eigenvalue weighted by atomic mass is 10.1. The van der Waals surface area contributed by atoms with E-state index in [1.807, 2.05) is 6.92 Å². The minimum atomic E-state index is -0.157. The fourth-order valence-corrected chi connectivity index (χ4v) is 1.31. The summed E-state index contributed by atoms with van der Waals surface area (Å²) in [6.07, 6.45) is 0. The summed E-state index contributed by atoms with van der Waals surface area (Å²) in [5, 5.41) is 0. The molecule has 0 aromatic rings. The van der Waals surface area contributed by atoms with Crippen LogP contribution in [0.2, 0.25) is 0 Å². The van der Waals surface area contributed by atoms with Crippen LogP contribution in [0.4, 0.5) is 0 Å². The van der Waals surface area contributed by atoms with E-state index in [1.54, 1.807) is 0 Å². The predicted octanol–water partition coefficient (Wildman–Crippen LogP) is 0.855. The van der Waals surface area contributed by atoms with Crippen molar-refractivity contribution in [3.63, 3.8) is 0 Å². The van der Waals surface area contributed by atoms with Crippen LogP contribution in [0, 0.1) is 5.92 Å². The van der Waals surface area contributed by atoms with Crippen LogP contribution in [0.1, 0.15) is 27.7 Å². The quantitative estimate of drug-likeness (QED) is 0.641. The molecule has 0 aromatic carbocycles. The first-order valence-electron chi connectivity index (χ1n) is 5.61. The highest BCUT2D eigenvalue weighted by molar-refractivity contribution is 5.71. The Morgan fingerprint density at radius 1 is 1.40 bits per heavy atom. The molecule has 0 aliphatic heterocycles. The van der Waals surface area contributed by atoms with E-state index in [4.69, 9.17) is 10.5 Å². The number of carbonyl (C=O) groups is 1. The molecule has 1 unspecified atom stereocenters. The second-order valence-electron chi connectivity index (χ2n) is 4.17. The average Bonchev–Trinajstić information content (AvgIpc) is 2.16. The molecule has 0 saturated heterocycles. The highest BCUT2D eigenvalue weighted by Crippen LogP contribution is 2.04. The van der Waals surface area contributed by atoms with Gasteiger partial charge in [-0.2, -0.15) is 0 Å². The minimum absolute atomic E-state index is 0.157. The number of rotatable bonds is 7. The molecule has 0 saturated carbocycles. The van der Waals surface area contributed by atoms with Gasteiger partial charge in [-0.25, -0.2) is 0 Å². The molecule has 90 valence electrons. The zero-order valence-electron chi connectivity index (χ0n) is 10.3. The fraction of sp³-hybridized carbons (Fsp3) is 0.909. The lowest BCUT2D eigenvalue weighted by molar-refractivity contribution is -0.145. The largest absolute Gasteiger partial charge is 0.465 e. The first-order valence-corrected chi connectivity index (χ1v) is 5.61. The van der Waals surface area contributed by atoms with Crippen LogP contribution in [-0.4, -0.2) is 43.2 Å². The highest BCUT2D eigenvalue weighted by Gasteiger charge is 2.16. The molecular weight excluding hydrogens is 192 g/mol. The third-order valence-electron chi connectivity index (χ3n) is 2.32. The standard InChI is InChI=1S/C11H24N2O2/c1-5-15-11(14)8-13(9(2)3)7-10(4)6-12/h9-10H,5-8,12H2,1-4H3. The zero-order chi connectivity index (χ0) is 11.8. The van der Waals surface area contributed by atoms with Gasteiger partial charge in [0.25, 0.3) is 0 Å². The van der Waals surface area contributed by atoms with Crippen molar-refractivity contribution < 1.29 is 9.53 Å². The van der Waals surface area contributed by atoms with Gasteiger partial charge in [0.2, 0.25) is 0 Å². The number of carbonyl (C=O) groups excluding carboxylic acids is 1. The van der Waals surface area contributed by atoms with Crippen LogP contribution in [0.3, 0.4) is 0 Å². The SMILES string of the molecule is CCOC(=O)CN(CC(C)CN)C(C)C. The zero-order valence-corrected chi connectivity index (χ0v) is 10.3. The molecule has 4 heteroatoms. The van der Waals surface area contributed by atoms with Crippen molar-refractivity contribution in [2.24, 2.45) is 11.7 Å². The summed E-state index contributed by atoms with van der Waals surface area (Å²) in [5.74, 6) is 0.247. The first-order chi connectivity index (χ1) is 7.01. The smallest absolute Gasteiger partial charge is 0.320 e. The Bertz CT molecular complexity index is 183. The Morgan fingerprint density at radius 3 is 2.40 bits per heavy atom. The Kier molecular flexibility index (Phi) is 7.34. The molecule has 0 radical (unpaired) electrons. The average molecular weight is 216 g/mol. The molecular formula is C11H24N2O2. The highest BCUT2D eigenvalue weighted by atomic mass is 16.5. The maximum atomic E-state index is 11.3. The van der Waals surface area contributed by atoms with E-state index in [-0.39, 0.29) is 5.97 Å². The summed E-state index contributed by atoms with van der Waals surface area (Å²) in [5.41, 5.74) is 5.57. The first kappa shape index (κ1) is 14.4. The molecule has 0 heterocycles. The van der Waals surface area contributed by atoms with Crippen molar-refractivity contribution in [2.45, 2.75) is 33.7 Å². The molecule has 0 spiro atoms. The Hall–Kier alpha value is -0.610. The van der Waals surface area contributed by atoms with E-state index in [0.29, 0.717) is 31.7 Å². The van der Waals surface area contributed by atoms with E-state index < -0.39 is 0 Å². The van der Waals surface area contributed by atoms with Crippen LogP contribution in [0.5, 0.6) is 0 Å². The van der Waals surface area contributed by atoms with Gasteiger partial charge in [-0.15, -0.1) is 0 Å². The molecule has 0 amide bonds. The number of nitrogens with two attached hydrogens (primary N) is 1. The van der Waals surface area contributed by atoms with Gasteiger partial charge in [0.1, 0.15) is 0 Å². The third-order valence-corrected chi connectivity index (χ3v) is 2.32. The molecule has 0 bridgehead atoms. The lowest BCUT2D eigenvalue weighted by Crippen LogP contribution is -2.40. The summed E-state index contributed by atoms with van der Waals surface area (Å²) in [6.45, 7) is 10.3. The third kappa shape index (κ3) is 6.47. The van der Waals surface area contributed by atoms with E-state index in [9.17, 15) is 4.79 Å². The van der Waals surface area contributed by atoms with E-state index in [2.05, 4.69) is 25.7 Å². The molecule has 15 heavy (non-hydrogen) atoms. The molecule has 2 N–H and O–H groups in total. The van der Waals surface area contributed by atoms with E-state index in [1.165, 1.54) is 0 Å². The Balaban J connectivity index is 4.09. The van der Waals surface area contributed by atoms with Crippen molar-refractivity contribution in [1.29, 1.82) is 0 Å². The molecule has 0 fully saturated rings. The molecule has 4 nitrogen and oxygen atoms in total. The Morgan fingerprint density at radius 2 is 2.00 bits per heavy atom. The number of esters is 1. The van der Waals surface area contributed by atoms with Gasteiger partial charge in [-0.05, 0) is 33.2 Å². The van der Waals surface area contributed by atoms with Crippen molar-refractivity contribution in [2.75, 3.05) is 26.2 Å². The van der Waals surface area contributed by atoms with Crippen molar-refractivity contribution in [3.05, 3.63) is 0 Å². The summed E-state index contributed by atoms with van der Waals surface area (Å²) < 4.78 is 4.93.